The standard InChI is InChI=1S/C19H23NO2/c1-14-4-3-5-18(12-14)15(2)20-13-16-6-8-17(9-7-16)19-21-10-11-22-19/h3-9,12,15,19-20H,10-11,13H2,1-2H3/t15-/m1/s1. The molecule has 0 aliphatic carbocycles. The predicted octanol–water partition coefficient (Wildman–Crippen LogP) is 3.89. The molecule has 0 radical (unpaired) electrons. The van der Waals surface area contributed by atoms with Crippen LogP contribution in [0, 0.1) is 6.92 Å². The summed E-state index contributed by atoms with van der Waals surface area (Å²) in [6.07, 6.45) is -0.187. The van der Waals surface area contributed by atoms with Gasteiger partial charge in [-0.05, 0) is 25.0 Å². The van der Waals surface area contributed by atoms with E-state index in [1.54, 1.807) is 0 Å². The molecule has 1 fully saturated rings. The number of hydrogen-bond acceptors (Lipinski definition) is 3. The van der Waals surface area contributed by atoms with Crippen LogP contribution >= 0.6 is 0 Å². The fraction of sp³-hybridized carbons (Fsp3) is 0.368. The summed E-state index contributed by atoms with van der Waals surface area (Å²) in [6, 6.07) is 17.4. The maximum Gasteiger partial charge on any atom is 0.184 e. The Labute approximate surface area is 132 Å². The second-order valence-electron chi connectivity index (χ2n) is 5.83. The summed E-state index contributed by atoms with van der Waals surface area (Å²) >= 11 is 0. The lowest BCUT2D eigenvalue weighted by atomic mass is 10.1. The Balaban J connectivity index is 1.57. The van der Waals surface area contributed by atoms with E-state index in [0.717, 1.165) is 12.1 Å². The van der Waals surface area contributed by atoms with Crippen molar-refractivity contribution in [2.24, 2.45) is 0 Å². The highest BCUT2D eigenvalue weighted by Gasteiger charge is 2.17. The van der Waals surface area contributed by atoms with Crippen molar-refractivity contribution in [2.75, 3.05) is 13.2 Å². The Morgan fingerprint density at radius 1 is 1.09 bits per heavy atom. The molecule has 1 atom stereocenters. The Morgan fingerprint density at radius 2 is 1.82 bits per heavy atom. The van der Waals surface area contributed by atoms with Gasteiger partial charge in [0.1, 0.15) is 0 Å². The lowest BCUT2D eigenvalue weighted by molar-refractivity contribution is -0.0441. The molecule has 0 unspecified atom stereocenters. The molecule has 0 saturated carbocycles. The van der Waals surface area contributed by atoms with Gasteiger partial charge in [-0.1, -0.05) is 54.1 Å². The van der Waals surface area contributed by atoms with Crippen molar-refractivity contribution in [3.8, 4) is 0 Å². The van der Waals surface area contributed by atoms with Crippen molar-refractivity contribution in [2.45, 2.75) is 32.7 Å². The van der Waals surface area contributed by atoms with Crippen LogP contribution in [0.2, 0.25) is 0 Å². The first-order valence-corrected chi connectivity index (χ1v) is 7.84. The number of ether oxygens (including phenoxy) is 2. The summed E-state index contributed by atoms with van der Waals surface area (Å²) in [5, 5.41) is 3.57. The number of benzene rings is 2. The van der Waals surface area contributed by atoms with Crippen molar-refractivity contribution < 1.29 is 9.47 Å². The highest BCUT2D eigenvalue weighted by Crippen LogP contribution is 2.23. The molecule has 116 valence electrons. The van der Waals surface area contributed by atoms with Gasteiger partial charge in [-0.3, -0.25) is 0 Å². The first-order valence-electron chi connectivity index (χ1n) is 7.84. The number of rotatable bonds is 5. The second kappa shape index (κ2) is 7.05. The smallest absolute Gasteiger partial charge is 0.184 e. The molecule has 1 saturated heterocycles. The molecule has 0 aromatic heterocycles. The molecule has 1 heterocycles. The van der Waals surface area contributed by atoms with Gasteiger partial charge < -0.3 is 14.8 Å². The highest BCUT2D eigenvalue weighted by atomic mass is 16.7. The van der Waals surface area contributed by atoms with E-state index in [1.807, 2.05) is 0 Å². The van der Waals surface area contributed by atoms with E-state index in [1.165, 1.54) is 16.7 Å². The normalized spacial score (nSPS) is 16.8. The van der Waals surface area contributed by atoms with Crippen molar-refractivity contribution >= 4 is 0 Å². The molecule has 3 nitrogen and oxygen atoms in total. The van der Waals surface area contributed by atoms with Crippen molar-refractivity contribution in [3.63, 3.8) is 0 Å². The van der Waals surface area contributed by atoms with E-state index in [0.29, 0.717) is 19.3 Å². The SMILES string of the molecule is Cc1cccc([C@@H](C)NCc2ccc(C3OCCO3)cc2)c1. The molecule has 0 spiro atoms. The van der Waals surface area contributed by atoms with E-state index in [9.17, 15) is 0 Å². The largest absolute Gasteiger partial charge is 0.346 e. The van der Waals surface area contributed by atoms with Gasteiger partial charge in [0.15, 0.2) is 6.29 Å². The maximum atomic E-state index is 5.51. The molecular weight excluding hydrogens is 274 g/mol. The number of hydrogen-bond donors (Lipinski definition) is 1. The Bertz CT molecular complexity index is 603. The molecule has 1 aliphatic rings. The van der Waals surface area contributed by atoms with Crippen LogP contribution in [0.25, 0.3) is 0 Å². The fourth-order valence-electron chi connectivity index (χ4n) is 2.67. The lowest BCUT2D eigenvalue weighted by Crippen LogP contribution is -2.18. The monoisotopic (exact) mass is 297 g/mol. The van der Waals surface area contributed by atoms with Crippen LogP contribution in [0.4, 0.5) is 0 Å². The molecule has 22 heavy (non-hydrogen) atoms. The molecule has 1 N–H and O–H groups in total. The number of aryl methyl sites for hydroxylation is 1. The van der Waals surface area contributed by atoms with Gasteiger partial charge in [-0.15, -0.1) is 0 Å². The van der Waals surface area contributed by atoms with Gasteiger partial charge in [0, 0.05) is 18.2 Å². The molecule has 0 amide bonds. The van der Waals surface area contributed by atoms with E-state index in [2.05, 4.69) is 67.7 Å². The maximum absolute atomic E-state index is 5.51. The summed E-state index contributed by atoms with van der Waals surface area (Å²) in [5.41, 5.74) is 4.98. The molecule has 1 aliphatic heterocycles. The van der Waals surface area contributed by atoms with E-state index in [-0.39, 0.29) is 6.29 Å². The first-order chi connectivity index (χ1) is 10.7. The van der Waals surface area contributed by atoms with Crippen molar-refractivity contribution in [1.82, 2.24) is 5.32 Å². The topological polar surface area (TPSA) is 30.5 Å². The Kier molecular flexibility index (Phi) is 4.88. The van der Waals surface area contributed by atoms with Crippen LogP contribution in [0.3, 0.4) is 0 Å². The third-order valence-electron chi connectivity index (χ3n) is 4.03. The lowest BCUT2D eigenvalue weighted by Gasteiger charge is -2.15. The van der Waals surface area contributed by atoms with Gasteiger partial charge in [-0.2, -0.15) is 0 Å². The van der Waals surface area contributed by atoms with Crippen molar-refractivity contribution in [3.05, 3.63) is 70.8 Å². The summed E-state index contributed by atoms with van der Waals surface area (Å²) in [5.74, 6) is 0. The summed E-state index contributed by atoms with van der Waals surface area (Å²) in [4.78, 5) is 0. The van der Waals surface area contributed by atoms with Crippen LogP contribution in [0.15, 0.2) is 48.5 Å². The summed E-state index contributed by atoms with van der Waals surface area (Å²) < 4.78 is 11.0. The predicted molar refractivity (Wildman–Crippen MR) is 87.5 cm³/mol. The van der Waals surface area contributed by atoms with E-state index < -0.39 is 0 Å². The van der Waals surface area contributed by atoms with E-state index >= 15 is 0 Å². The highest BCUT2D eigenvalue weighted by molar-refractivity contribution is 5.26. The van der Waals surface area contributed by atoms with Crippen molar-refractivity contribution in [1.29, 1.82) is 0 Å². The summed E-state index contributed by atoms with van der Waals surface area (Å²) in [7, 11) is 0. The first kappa shape index (κ1) is 15.2. The van der Waals surface area contributed by atoms with Gasteiger partial charge >= 0.3 is 0 Å². The quantitative estimate of drug-likeness (QED) is 0.908. The second-order valence-corrected chi connectivity index (χ2v) is 5.83. The molecule has 2 aromatic rings. The molecule has 0 bridgehead atoms. The van der Waals surface area contributed by atoms with Gasteiger partial charge in [0.25, 0.3) is 0 Å². The minimum Gasteiger partial charge on any atom is -0.346 e. The third-order valence-corrected chi connectivity index (χ3v) is 4.03. The molecule has 2 aromatic carbocycles. The molecule has 3 heteroatoms. The Hall–Kier alpha value is -1.68. The van der Waals surface area contributed by atoms with Gasteiger partial charge in [0.2, 0.25) is 0 Å². The minimum atomic E-state index is -0.187. The zero-order valence-electron chi connectivity index (χ0n) is 13.2. The van der Waals surface area contributed by atoms with Crippen LogP contribution in [0.1, 0.15) is 41.5 Å². The van der Waals surface area contributed by atoms with Crippen LogP contribution in [-0.4, -0.2) is 13.2 Å². The average Bonchev–Trinajstić information content (AvgIpc) is 3.07. The van der Waals surface area contributed by atoms with Crippen LogP contribution in [-0.2, 0) is 16.0 Å². The van der Waals surface area contributed by atoms with Crippen LogP contribution in [0.5, 0.6) is 0 Å². The fourth-order valence-corrected chi connectivity index (χ4v) is 2.67. The zero-order valence-corrected chi connectivity index (χ0v) is 13.2. The third kappa shape index (κ3) is 3.74. The molecular formula is C19H23NO2. The Morgan fingerprint density at radius 3 is 2.50 bits per heavy atom. The van der Waals surface area contributed by atoms with Crippen LogP contribution < -0.4 is 5.32 Å². The molecule has 3 rings (SSSR count). The van der Waals surface area contributed by atoms with Gasteiger partial charge in [-0.25, -0.2) is 0 Å². The minimum absolute atomic E-state index is 0.187. The van der Waals surface area contributed by atoms with Gasteiger partial charge in [0.05, 0.1) is 13.2 Å². The zero-order chi connectivity index (χ0) is 15.4. The number of nitrogens with one attached hydrogen (secondary N) is 1. The summed E-state index contributed by atoms with van der Waals surface area (Å²) in [6.45, 7) is 6.54. The average molecular weight is 297 g/mol. The van der Waals surface area contributed by atoms with E-state index in [4.69, 9.17) is 9.47 Å².